The molecule has 3 aliphatic rings. The number of hydrogen-bond donors (Lipinski definition) is 9. The summed E-state index contributed by atoms with van der Waals surface area (Å²) in [5, 5.41) is 34.0. The van der Waals surface area contributed by atoms with Gasteiger partial charge in [0.1, 0.15) is 22.5 Å². The van der Waals surface area contributed by atoms with Crippen LogP contribution in [0.15, 0.2) is 48.8 Å². The molecule has 6 aromatic rings. The lowest BCUT2D eigenvalue weighted by Gasteiger charge is -2.28. The first kappa shape index (κ1) is 46.2. The van der Waals surface area contributed by atoms with Crippen LogP contribution in [0.5, 0.6) is 11.5 Å². The fourth-order valence-corrected chi connectivity index (χ4v) is 9.90. The molecule has 2 bridgehead atoms. The van der Waals surface area contributed by atoms with Crippen molar-refractivity contribution in [3.63, 3.8) is 0 Å². The molecule has 9 rings (SSSR count). The second-order valence-corrected chi connectivity index (χ2v) is 18.5. The Morgan fingerprint density at radius 3 is 2.12 bits per heavy atom. The van der Waals surface area contributed by atoms with Gasteiger partial charge >= 0.3 is 0 Å². The highest BCUT2D eigenvalue weighted by atomic mass is 16.5. The highest BCUT2D eigenvalue weighted by molar-refractivity contribution is 5.87. The van der Waals surface area contributed by atoms with Gasteiger partial charge in [0.15, 0.2) is 22.7 Å². The summed E-state index contributed by atoms with van der Waals surface area (Å²) in [4.78, 5) is 21.4. The summed E-state index contributed by atoms with van der Waals surface area (Å²) in [7, 11) is 3.39. The van der Waals surface area contributed by atoms with Crippen molar-refractivity contribution in [2.45, 2.75) is 128 Å². The first-order valence-electron chi connectivity index (χ1n) is 23.8. The second kappa shape index (κ2) is 20.5. The van der Waals surface area contributed by atoms with Crippen molar-refractivity contribution in [1.82, 2.24) is 60.5 Å². The minimum Gasteiger partial charge on any atom is -0.496 e. The van der Waals surface area contributed by atoms with Gasteiger partial charge < -0.3 is 47.3 Å². The summed E-state index contributed by atoms with van der Waals surface area (Å²) in [6.07, 6.45) is 11.8. The number of nitrogens with zero attached hydrogens (tertiary/aromatic N) is 9. The fourth-order valence-electron chi connectivity index (χ4n) is 9.90. The summed E-state index contributed by atoms with van der Waals surface area (Å²) in [6, 6.07) is 13.9. The Balaban J connectivity index is 0.899. The van der Waals surface area contributed by atoms with Gasteiger partial charge in [0.2, 0.25) is 11.9 Å². The Morgan fingerprint density at radius 2 is 1.49 bits per heavy atom. The highest BCUT2D eigenvalue weighted by Gasteiger charge is 2.37. The lowest BCUT2D eigenvalue weighted by molar-refractivity contribution is 0.163. The molecule has 0 spiro atoms. The van der Waals surface area contributed by atoms with Crippen molar-refractivity contribution in [1.29, 1.82) is 0 Å². The number of fused-ring (bicyclic) bond motifs is 4. The van der Waals surface area contributed by atoms with E-state index in [1.165, 1.54) is 12.0 Å². The summed E-state index contributed by atoms with van der Waals surface area (Å²) >= 11 is 0. The monoisotopic (exact) mass is 918 g/mol. The molecule has 2 aromatic carbocycles. The van der Waals surface area contributed by atoms with Crippen LogP contribution in [0.1, 0.15) is 93.9 Å². The number of nitrogens with one attached hydrogen (secondary N) is 6. The van der Waals surface area contributed by atoms with Crippen LogP contribution in [0.25, 0.3) is 22.1 Å². The van der Waals surface area contributed by atoms with Crippen LogP contribution in [-0.2, 0) is 26.2 Å². The number of rotatable bonds is 23. The predicted molar refractivity (Wildman–Crippen MR) is 261 cm³/mol. The Bertz CT molecular complexity index is 2630. The Labute approximate surface area is 391 Å². The standard InChI is InChI=1S/C47H67N17O3/c1-5-9-39(48)54-43-42-36(27-64(61-42)23-31-13-11-29(17-37(31)66-3)20-51-47(28-65)15-7-8-16-47)53-46(57-43)59-58-40(10-6-2)55-44-41-35(52-45(49)56-44)26-63(60-41)24-32-14-12-30(18-38(32)67-4)22-62-25-33-19-34(62)21-50-33/h11-14,17-18,26-27,33-34,39-40,50-51,58,65H,5-10,15-16,19-25,28,48H2,1-4H3,(H3,49,52,55,56)(H2,53,54,57,59). The maximum Gasteiger partial charge on any atom is 0.240 e. The number of ether oxygens (including phenoxy) is 2. The number of benzene rings is 2. The molecule has 11 N–H and O–H groups in total. The van der Waals surface area contributed by atoms with Gasteiger partial charge in [-0.05, 0) is 55.4 Å². The zero-order valence-corrected chi connectivity index (χ0v) is 39.2. The van der Waals surface area contributed by atoms with E-state index in [2.05, 4.69) is 97.2 Å². The molecule has 4 aromatic heterocycles. The SMILES string of the molecule is CCCC(N)Nc1nc(NNC(CCC)Nc2nc(N)nc3cn(Cc4ccc(CN5CC6CC5CN6)cc4OC)nc23)nc2cn(Cc3ccc(CNC4(CO)CCCC4)cc3OC)nc12. The molecule has 2 saturated heterocycles. The summed E-state index contributed by atoms with van der Waals surface area (Å²) in [5.74, 6) is 3.07. The number of aromatic nitrogens is 8. The quantitative estimate of drug-likeness (QED) is 0.0322. The molecule has 2 aliphatic heterocycles. The summed E-state index contributed by atoms with van der Waals surface area (Å²) in [5.41, 5.74) is 25.9. The van der Waals surface area contributed by atoms with E-state index in [1.54, 1.807) is 14.2 Å². The summed E-state index contributed by atoms with van der Waals surface area (Å²) < 4.78 is 15.4. The van der Waals surface area contributed by atoms with Gasteiger partial charge in [-0.2, -0.15) is 20.2 Å². The Hall–Kier alpha value is -5.90. The zero-order valence-electron chi connectivity index (χ0n) is 39.2. The maximum atomic E-state index is 10.1. The highest BCUT2D eigenvalue weighted by Crippen LogP contribution is 2.32. The predicted octanol–water partition coefficient (Wildman–Crippen LogP) is 4.25. The molecule has 67 heavy (non-hydrogen) atoms. The van der Waals surface area contributed by atoms with Crippen LogP contribution in [-0.4, -0.2) is 113 Å². The lowest BCUT2D eigenvalue weighted by atomic mass is 9.98. The van der Waals surface area contributed by atoms with Crippen molar-refractivity contribution in [2.75, 3.05) is 55.7 Å². The van der Waals surface area contributed by atoms with Gasteiger partial charge in [0.05, 0.1) is 58.6 Å². The van der Waals surface area contributed by atoms with Crippen LogP contribution >= 0.6 is 0 Å². The summed E-state index contributed by atoms with van der Waals surface area (Å²) in [6.45, 7) is 8.98. The Kier molecular flexibility index (Phi) is 14.2. The van der Waals surface area contributed by atoms with Crippen molar-refractivity contribution in [2.24, 2.45) is 5.73 Å². The largest absolute Gasteiger partial charge is 0.496 e. The molecule has 6 heterocycles. The number of likely N-dealkylation sites (tertiary alicyclic amines) is 1. The van der Waals surface area contributed by atoms with Gasteiger partial charge in [0, 0.05) is 54.9 Å². The number of hydrazine groups is 1. The van der Waals surface area contributed by atoms with E-state index in [0.717, 1.165) is 92.8 Å². The van der Waals surface area contributed by atoms with Crippen LogP contribution < -0.4 is 53.1 Å². The number of nitrogen functional groups attached to an aromatic ring is 1. The molecule has 4 atom stereocenters. The average Bonchev–Trinajstić information content (AvgIpc) is 4.19. The fraction of sp³-hybridized carbons (Fsp3) is 0.532. The van der Waals surface area contributed by atoms with Gasteiger partial charge in [-0.25, -0.2) is 15.4 Å². The normalized spacial score (nSPS) is 18.8. The molecule has 0 amide bonds. The average molecular weight is 918 g/mol. The number of aliphatic hydroxyl groups excluding tert-OH is 1. The molecule has 358 valence electrons. The number of aliphatic hydroxyl groups is 1. The molecular weight excluding hydrogens is 851 g/mol. The molecular formula is C47H67N17O3. The van der Waals surface area contributed by atoms with Crippen molar-refractivity contribution in [3.8, 4) is 11.5 Å². The number of nitrogens with two attached hydrogens (primary N) is 2. The number of methoxy groups -OCH3 is 2. The van der Waals surface area contributed by atoms with Gasteiger partial charge in [-0.3, -0.25) is 19.7 Å². The lowest BCUT2D eigenvalue weighted by Crippen LogP contribution is -2.45. The molecule has 0 radical (unpaired) electrons. The van der Waals surface area contributed by atoms with E-state index in [1.807, 2.05) is 21.8 Å². The van der Waals surface area contributed by atoms with Crippen LogP contribution in [0, 0.1) is 0 Å². The van der Waals surface area contributed by atoms with Crippen molar-refractivity contribution in [3.05, 3.63) is 71.0 Å². The second-order valence-electron chi connectivity index (χ2n) is 18.5. The number of anilines is 4. The number of piperazine rings is 1. The molecule has 20 heteroatoms. The van der Waals surface area contributed by atoms with E-state index in [4.69, 9.17) is 41.1 Å². The van der Waals surface area contributed by atoms with E-state index < -0.39 is 0 Å². The van der Waals surface area contributed by atoms with Gasteiger partial charge in [0.25, 0.3) is 0 Å². The topological polar surface area (TPSA) is 253 Å². The van der Waals surface area contributed by atoms with Crippen LogP contribution in [0.4, 0.5) is 23.5 Å². The maximum absolute atomic E-state index is 10.1. The zero-order chi connectivity index (χ0) is 46.5. The third-order valence-electron chi connectivity index (χ3n) is 13.5. The van der Waals surface area contributed by atoms with E-state index in [0.29, 0.717) is 77.8 Å². The van der Waals surface area contributed by atoms with Crippen LogP contribution in [0.3, 0.4) is 0 Å². The van der Waals surface area contributed by atoms with E-state index in [-0.39, 0.29) is 30.4 Å². The van der Waals surface area contributed by atoms with Crippen LogP contribution in [0.2, 0.25) is 0 Å². The molecule has 20 nitrogen and oxygen atoms in total. The minimum atomic E-state index is -0.335. The van der Waals surface area contributed by atoms with E-state index >= 15 is 0 Å². The smallest absolute Gasteiger partial charge is 0.240 e. The molecule has 1 saturated carbocycles. The third kappa shape index (κ3) is 10.6. The third-order valence-corrected chi connectivity index (χ3v) is 13.5. The first-order valence-corrected chi connectivity index (χ1v) is 23.8. The first-order chi connectivity index (χ1) is 32.6. The minimum absolute atomic E-state index is 0.135. The molecule has 4 unspecified atom stereocenters. The molecule has 3 fully saturated rings. The number of hydrogen-bond acceptors (Lipinski definition) is 18. The van der Waals surface area contributed by atoms with Gasteiger partial charge in [-0.1, -0.05) is 63.8 Å². The Morgan fingerprint density at radius 1 is 0.836 bits per heavy atom. The van der Waals surface area contributed by atoms with Crippen molar-refractivity contribution >= 4 is 45.6 Å². The molecule has 1 aliphatic carbocycles. The van der Waals surface area contributed by atoms with Crippen molar-refractivity contribution < 1.29 is 14.6 Å². The van der Waals surface area contributed by atoms with E-state index in [9.17, 15) is 5.11 Å². The van der Waals surface area contributed by atoms with Gasteiger partial charge in [-0.15, -0.1) is 0 Å².